The van der Waals surface area contributed by atoms with Gasteiger partial charge in [-0.05, 0) is 31.7 Å². The van der Waals surface area contributed by atoms with Gasteiger partial charge in [0.15, 0.2) is 5.82 Å². The maximum absolute atomic E-state index is 12.3. The Hall–Kier alpha value is -3.04. The molecule has 41 heavy (non-hydrogen) atoms. The van der Waals surface area contributed by atoms with Crippen LogP contribution in [0.2, 0.25) is 0 Å². The highest BCUT2D eigenvalue weighted by Gasteiger charge is 2.17. The first-order valence-electron chi connectivity index (χ1n) is 15.5. The van der Waals surface area contributed by atoms with Crippen molar-refractivity contribution in [1.82, 2.24) is 19.9 Å². The number of fused-ring (bicyclic) bond motifs is 3. The van der Waals surface area contributed by atoms with E-state index in [0.717, 1.165) is 98.6 Å². The van der Waals surface area contributed by atoms with Crippen molar-refractivity contribution in [2.45, 2.75) is 97.4 Å². The van der Waals surface area contributed by atoms with Gasteiger partial charge in [0, 0.05) is 44.2 Å². The SMILES string of the molecule is CCCCCNC(=O)CCOCCOCCC(=O)CCCCCn1c(CCCC)nc2c(N)nc3ccccc3c21. The number of rotatable bonds is 22. The van der Waals surface area contributed by atoms with Crippen LogP contribution >= 0.6 is 0 Å². The first-order valence-corrected chi connectivity index (χ1v) is 15.5. The van der Waals surface area contributed by atoms with E-state index in [1.165, 1.54) is 0 Å². The summed E-state index contributed by atoms with van der Waals surface area (Å²) in [6.07, 6.45) is 10.6. The van der Waals surface area contributed by atoms with Crippen LogP contribution in [-0.2, 0) is 32.0 Å². The molecule has 0 atom stereocenters. The number of nitrogens with one attached hydrogen (secondary N) is 1. The lowest BCUT2D eigenvalue weighted by atomic mass is 10.1. The number of anilines is 1. The van der Waals surface area contributed by atoms with Gasteiger partial charge in [-0.1, -0.05) is 57.7 Å². The van der Waals surface area contributed by atoms with Crippen molar-refractivity contribution >= 4 is 39.4 Å². The Labute approximate surface area is 244 Å². The van der Waals surface area contributed by atoms with Gasteiger partial charge in [-0.25, -0.2) is 9.97 Å². The van der Waals surface area contributed by atoms with Gasteiger partial charge in [-0.3, -0.25) is 9.59 Å². The number of hydrogen-bond donors (Lipinski definition) is 2. The summed E-state index contributed by atoms with van der Waals surface area (Å²) >= 11 is 0. The molecule has 2 aromatic heterocycles. The molecule has 0 spiro atoms. The van der Waals surface area contributed by atoms with E-state index >= 15 is 0 Å². The second-order valence-corrected chi connectivity index (χ2v) is 10.6. The number of carbonyl (C=O) groups is 2. The van der Waals surface area contributed by atoms with E-state index < -0.39 is 0 Å². The molecule has 3 aromatic rings. The molecule has 3 rings (SSSR count). The van der Waals surface area contributed by atoms with Crippen LogP contribution < -0.4 is 11.1 Å². The largest absolute Gasteiger partial charge is 0.382 e. The molecule has 9 nitrogen and oxygen atoms in total. The van der Waals surface area contributed by atoms with Gasteiger partial charge in [0.25, 0.3) is 0 Å². The van der Waals surface area contributed by atoms with Crippen LogP contribution in [0.25, 0.3) is 21.9 Å². The first-order chi connectivity index (χ1) is 20.0. The van der Waals surface area contributed by atoms with Crippen molar-refractivity contribution < 1.29 is 19.1 Å². The molecular formula is C32H49N5O4. The number of benzene rings is 1. The molecule has 0 saturated heterocycles. The zero-order chi connectivity index (χ0) is 29.3. The van der Waals surface area contributed by atoms with Gasteiger partial charge in [0.2, 0.25) is 5.91 Å². The number of aryl methyl sites for hydroxylation is 2. The Morgan fingerprint density at radius 1 is 0.854 bits per heavy atom. The summed E-state index contributed by atoms with van der Waals surface area (Å²) in [6, 6.07) is 8.10. The number of ether oxygens (including phenoxy) is 2. The molecular weight excluding hydrogens is 518 g/mol. The highest BCUT2D eigenvalue weighted by atomic mass is 16.5. The summed E-state index contributed by atoms with van der Waals surface area (Å²) in [5.74, 6) is 1.80. The molecule has 0 aliphatic carbocycles. The van der Waals surface area contributed by atoms with E-state index in [0.29, 0.717) is 51.5 Å². The van der Waals surface area contributed by atoms with E-state index in [1.54, 1.807) is 0 Å². The van der Waals surface area contributed by atoms with Crippen LogP contribution in [0.5, 0.6) is 0 Å². The molecule has 0 saturated carbocycles. The molecule has 0 aliphatic rings. The number of carbonyl (C=O) groups excluding carboxylic acids is 2. The molecule has 1 aromatic carbocycles. The Morgan fingerprint density at radius 2 is 1.61 bits per heavy atom. The minimum Gasteiger partial charge on any atom is -0.382 e. The van der Waals surface area contributed by atoms with Gasteiger partial charge in [0.05, 0.1) is 37.5 Å². The topological polar surface area (TPSA) is 121 Å². The number of para-hydroxylation sites is 1. The fourth-order valence-electron chi connectivity index (χ4n) is 4.93. The van der Waals surface area contributed by atoms with Crippen molar-refractivity contribution in [2.24, 2.45) is 0 Å². The third kappa shape index (κ3) is 10.7. The van der Waals surface area contributed by atoms with E-state index in [9.17, 15) is 9.59 Å². The first kappa shape index (κ1) is 32.5. The quantitative estimate of drug-likeness (QED) is 0.148. The normalized spacial score (nSPS) is 11.5. The second-order valence-electron chi connectivity index (χ2n) is 10.6. The van der Waals surface area contributed by atoms with Crippen molar-refractivity contribution in [1.29, 1.82) is 0 Å². The minimum absolute atomic E-state index is 0.0263. The number of ketones is 1. The fourth-order valence-corrected chi connectivity index (χ4v) is 4.93. The van der Waals surface area contributed by atoms with Crippen LogP contribution in [0.15, 0.2) is 24.3 Å². The summed E-state index contributed by atoms with van der Waals surface area (Å²) in [6.45, 7) is 7.56. The van der Waals surface area contributed by atoms with Crippen molar-refractivity contribution in [3.05, 3.63) is 30.1 Å². The molecule has 0 fully saturated rings. The third-order valence-corrected chi connectivity index (χ3v) is 7.25. The molecule has 2 heterocycles. The number of Topliss-reactive ketones (excluding diaryl/α,β-unsaturated/α-hetero) is 1. The van der Waals surface area contributed by atoms with E-state index in [4.69, 9.17) is 20.2 Å². The number of nitrogen functional groups attached to an aromatic ring is 1. The Balaban J connectivity index is 1.31. The van der Waals surface area contributed by atoms with Gasteiger partial charge in [0.1, 0.15) is 17.1 Å². The van der Waals surface area contributed by atoms with Crippen molar-refractivity contribution in [2.75, 3.05) is 38.7 Å². The van der Waals surface area contributed by atoms with Crippen LogP contribution in [0.4, 0.5) is 5.82 Å². The van der Waals surface area contributed by atoms with Crippen molar-refractivity contribution in [3.63, 3.8) is 0 Å². The van der Waals surface area contributed by atoms with Crippen LogP contribution in [-0.4, -0.2) is 59.2 Å². The minimum atomic E-state index is 0.0263. The number of nitrogens with two attached hydrogens (primary N) is 1. The monoisotopic (exact) mass is 567 g/mol. The van der Waals surface area contributed by atoms with E-state index in [1.807, 2.05) is 18.2 Å². The molecule has 9 heteroatoms. The Morgan fingerprint density at radius 3 is 2.39 bits per heavy atom. The lowest BCUT2D eigenvalue weighted by molar-refractivity contribution is -0.123. The van der Waals surface area contributed by atoms with E-state index in [2.05, 4.69) is 34.8 Å². The predicted octanol–water partition coefficient (Wildman–Crippen LogP) is 5.76. The lowest BCUT2D eigenvalue weighted by Gasteiger charge is -2.11. The number of imidazole rings is 1. The summed E-state index contributed by atoms with van der Waals surface area (Å²) in [5, 5.41) is 3.98. The maximum Gasteiger partial charge on any atom is 0.222 e. The maximum atomic E-state index is 12.3. The lowest BCUT2D eigenvalue weighted by Crippen LogP contribution is -2.25. The number of aromatic nitrogens is 3. The highest BCUT2D eigenvalue weighted by molar-refractivity contribution is 6.06. The number of nitrogens with zero attached hydrogens (tertiary/aromatic N) is 3. The molecule has 3 N–H and O–H groups in total. The van der Waals surface area contributed by atoms with E-state index in [-0.39, 0.29) is 11.7 Å². The van der Waals surface area contributed by atoms with Gasteiger partial charge in [-0.2, -0.15) is 0 Å². The van der Waals surface area contributed by atoms with Crippen molar-refractivity contribution in [3.8, 4) is 0 Å². The van der Waals surface area contributed by atoms with Crippen LogP contribution in [0.1, 0.15) is 90.3 Å². The molecule has 0 unspecified atom stereocenters. The highest BCUT2D eigenvalue weighted by Crippen LogP contribution is 2.29. The Bertz CT molecular complexity index is 1230. The van der Waals surface area contributed by atoms with Gasteiger partial charge < -0.3 is 25.1 Å². The summed E-state index contributed by atoms with van der Waals surface area (Å²) < 4.78 is 13.3. The molecule has 0 bridgehead atoms. The summed E-state index contributed by atoms with van der Waals surface area (Å²) in [4.78, 5) is 33.5. The molecule has 226 valence electrons. The molecule has 0 aliphatic heterocycles. The third-order valence-electron chi connectivity index (χ3n) is 7.25. The number of hydrogen-bond acceptors (Lipinski definition) is 7. The second kappa shape index (κ2) is 18.4. The number of amides is 1. The summed E-state index contributed by atoms with van der Waals surface area (Å²) in [5.41, 5.74) is 9.05. The Kier molecular flexibility index (Phi) is 14.6. The summed E-state index contributed by atoms with van der Waals surface area (Å²) in [7, 11) is 0. The smallest absolute Gasteiger partial charge is 0.222 e. The van der Waals surface area contributed by atoms with Crippen LogP contribution in [0.3, 0.4) is 0 Å². The number of unbranched alkanes of at least 4 members (excludes halogenated alkanes) is 5. The molecule has 0 radical (unpaired) electrons. The zero-order valence-corrected chi connectivity index (χ0v) is 25.1. The van der Waals surface area contributed by atoms with Gasteiger partial charge in [-0.15, -0.1) is 0 Å². The predicted molar refractivity (Wildman–Crippen MR) is 165 cm³/mol. The number of pyridine rings is 1. The zero-order valence-electron chi connectivity index (χ0n) is 25.1. The standard InChI is InChI=1S/C32H49N5O4/c1-3-5-11-19-34-29(39)18-22-41-24-23-40-21-17-25(38)13-8-7-12-20-37-28(16-6-4-2)36-30-31(37)26-14-9-10-15-27(26)35-32(30)33/h9-10,14-15H,3-8,11-13,16-24H2,1-2H3,(H2,33,35)(H,34,39). The van der Waals surface area contributed by atoms with Crippen LogP contribution in [0, 0.1) is 0 Å². The average Bonchev–Trinajstić information content (AvgIpc) is 3.34. The van der Waals surface area contributed by atoms with Gasteiger partial charge >= 0.3 is 0 Å². The average molecular weight is 568 g/mol. The molecule has 1 amide bonds. The fraction of sp³-hybridized carbons (Fsp3) is 0.625.